The lowest BCUT2D eigenvalue weighted by molar-refractivity contribution is 0.102. The molecule has 1 N–H and O–H groups in total. The van der Waals surface area contributed by atoms with Gasteiger partial charge in [0.05, 0.1) is 11.4 Å². The third kappa shape index (κ3) is 4.43. The van der Waals surface area contributed by atoms with Gasteiger partial charge in [-0.3, -0.25) is 4.79 Å². The van der Waals surface area contributed by atoms with E-state index in [0.29, 0.717) is 20.9 Å². The van der Waals surface area contributed by atoms with Crippen molar-refractivity contribution in [2.24, 2.45) is 0 Å². The minimum Gasteiger partial charge on any atom is -0.328 e. The molecule has 4 nitrogen and oxygen atoms in total. The Morgan fingerprint density at radius 3 is 2.80 bits per heavy atom. The maximum absolute atomic E-state index is 13.6. The summed E-state index contributed by atoms with van der Waals surface area (Å²) in [5, 5.41) is 11.4. The van der Waals surface area contributed by atoms with Crippen molar-refractivity contribution in [3.8, 4) is 0 Å². The zero-order chi connectivity index (χ0) is 17.8. The van der Waals surface area contributed by atoms with E-state index >= 15 is 0 Å². The van der Waals surface area contributed by atoms with Crippen LogP contribution in [0.5, 0.6) is 0 Å². The summed E-state index contributed by atoms with van der Waals surface area (Å²) in [7, 11) is 0. The third-order valence-electron chi connectivity index (χ3n) is 3.54. The lowest BCUT2D eigenvalue weighted by Crippen LogP contribution is -2.05. The molecule has 0 fully saturated rings. The number of nitrogens with zero attached hydrogens (tertiary/aromatic N) is 2. The number of thioether (sulfide) groups is 1. The van der Waals surface area contributed by atoms with E-state index in [-0.39, 0.29) is 11.6 Å². The van der Waals surface area contributed by atoms with Gasteiger partial charge in [-0.25, -0.2) is 4.39 Å². The summed E-state index contributed by atoms with van der Waals surface area (Å²) in [5.74, 6) is 0.000503. The fraction of sp³-hybridized carbons (Fsp3) is 0.167. The average Bonchev–Trinajstić information content (AvgIpc) is 3.04. The Balaban J connectivity index is 1.63. The molecule has 128 valence electrons. The summed E-state index contributed by atoms with van der Waals surface area (Å²) in [6.45, 7) is 3.90. The van der Waals surface area contributed by atoms with Crippen LogP contribution in [0.1, 0.15) is 21.5 Å². The highest BCUT2D eigenvalue weighted by molar-refractivity contribution is 8.01. The largest absolute Gasteiger partial charge is 0.328 e. The Bertz CT molecular complexity index is 911. The molecule has 0 aliphatic carbocycles. The number of halogens is 1. The van der Waals surface area contributed by atoms with Gasteiger partial charge in [0.2, 0.25) is 5.13 Å². The fourth-order valence-corrected chi connectivity index (χ4v) is 3.89. The minimum atomic E-state index is -0.350. The van der Waals surface area contributed by atoms with Crippen LogP contribution < -0.4 is 5.32 Å². The van der Waals surface area contributed by atoms with Crippen LogP contribution in [-0.2, 0) is 0 Å². The highest BCUT2D eigenvalue weighted by Crippen LogP contribution is 2.29. The van der Waals surface area contributed by atoms with Crippen molar-refractivity contribution in [3.05, 3.63) is 65.0 Å². The van der Waals surface area contributed by atoms with E-state index in [9.17, 15) is 9.18 Å². The number of hydrogen-bond acceptors (Lipinski definition) is 6. The van der Waals surface area contributed by atoms with Crippen molar-refractivity contribution in [2.45, 2.75) is 18.2 Å². The number of ketones is 1. The number of benzene rings is 2. The fourth-order valence-electron chi connectivity index (χ4n) is 2.24. The summed E-state index contributed by atoms with van der Waals surface area (Å²) in [6.07, 6.45) is 0. The predicted octanol–water partition coefficient (Wildman–Crippen LogP) is 5.01. The van der Waals surface area contributed by atoms with Gasteiger partial charge in [-0.1, -0.05) is 52.9 Å². The van der Waals surface area contributed by atoms with Crippen LogP contribution in [0.2, 0.25) is 0 Å². The molecule has 0 amide bonds. The van der Waals surface area contributed by atoms with E-state index in [1.165, 1.54) is 29.2 Å². The van der Waals surface area contributed by atoms with E-state index in [2.05, 4.69) is 15.5 Å². The number of hydrogen-bond donors (Lipinski definition) is 1. The topological polar surface area (TPSA) is 54.9 Å². The standard InChI is InChI=1S/C18H16FN3OS2/c1-11-7-8-12(2)13(9-11)16(23)10-24-18-22-21-17(25-18)20-15-6-4-3-5-14(15)19/h3-9H,10H2,1-2H3,(H,20,21). The van der Waals surface area contributed by atoms with E-state index in [0.717, 1.165) is 16.7 Å². The molecule has 3 aromatic rings. The third-order valence-corrected chi connectivity index (χ3v) is 5.51. The molecule has 0 unspecified atom stereocenters. The number of rotatable bonds is 6. The molecule has 0 bridgehead atoms. The number of anilines is 2. The first-order valence-electron chi connectivity index (χ1n) is 7.61. The zero-order valence-corrected chi connectivity index (χ0v) is 15.4. The van der Waals surface area contributed by atoms with Crippen LogP contribution >= 0.6 is 23.1 Å². The molecule has 0 aliphatic heterocycles. The first-order chi connectivity index (χ1) is 12.0. The average molecular weight is 373 g/mol. The lowest BCUT2D eigenvalue weighted by atomic mass is 10.0. The van der Waals surface area contributed by atoms with Gasteiger partial charge in [-0.2, -0.15) is 0 Å². The molecule has 0 radical (unpaired) electrons. The van der Waals surface area contributed by atoms with Crippen molar-refractivity contribution in [1.82, 2.24) is 10.2 Å². The van der Waals surface area contributed by atoms with Gasteiger partial charge < -0.3 is 5.32 Å². The molecular weight excluding hydrogens is 357 g/mol. The summed E-state index contributed by atoms with van der Waals surface area (Å²) in [6, 6.07) is 12.2. The Hall–Kier alpha value is -2.25. The lowest BCUT2D eigenvalue weighted by Gasteiger charge is -2.05. The number of aromatic nitrogens is 2. The second-order valence-electron chi connectivity index (χ2n) is 5.51. The van der Waals surface area contributed by atoms with E-state index in [1.807, 2.05) is 32.0 Å². The molecule has 3 rings (SSSR count). The van der Waals surface area contributed by atoms with Crippen LogP contribution in [0.3, 0.4) is 0 Å². The summed E-state index contributed by atoms with van der Waals surface area (Å²) >= 11 is 2.63. The van der Waals surface area contributed by atoms with Gasteiger partial charge >= 0.3 is 0 Å². The maximum atomic E-state index is 13.6. The Morgan fingerprint density at radius 2 is 2.00 bits per heavy atom. The molecule has 0 spiro atoms. The molecular formula is C18H16FN3OS2. The van der Waals surface area contributed by atoms with Gasteiger partial charge in [-0.05, 0) is 37.6 Å². The van der Waals surface area contributed by atoms with Gasteiger partial charge in [-0.15, -0.1) is 10.2 Å². The second-order valence-corrected chi connectivity index (χ2v) is 7.71. The van der Waals surface area contributed by atoms with Crippen molar-refractivity contribution in [2.75, 3.05) is 11.1 Å². The first kappa shape index (κ1) is 17.6. The Kier molecular flexibility index (Phi) is 5.45. The van der Waals surface area contributed by atoms with Gasteiger partial charge in [0, 0.05) is 5.56 Å². The number of carbonyl (C=O) groups is 1. The molecule has 7 heteroatoms. The molecule has 0 atom stereocenters. The summed E-state index contributed by atoms with van der Waals surface area (Å²) < 4.78 is 14.3. The number of nitrogens with one attached hydrogen (secondary N) is 1. The van der Waals surface area contributed by atoms with Gasteiger partial charge in [0.1, 0.15) is 5.82 Å². The van der Waals surface area contributed by atoms with Crippen LogP contribution in [-0.4, -0.2) is 21.7 Å². The van der Waals surface area contributed by atoms with E-state index in [4.69, 9.17) is 0 Å². The summed E-state index contributed by atoms with van der Waals surface area (Å²) in [4.78, 5) is 12.4. The smallest absolute Gasteiger partial charge is 0.210 e. The molecule has 2 aromatic carbocycles. The van der Waals surface area contributed by atoms with E-state index in [1.54, 1.807) is 18.2 Å². The molecule has 25 heavy (non-hydrogen) atoms. The van der Waals surface area contributed by atoms with Crippen molar-refractivity contribution < 1.29 is 9.18 Å². The van der Waals surface area contributed by atoms with Crippen molar-refractivity contribution >= 4 is 39.7 Å². The highest BCUT2D eigenvalue weighted by Gasteiger charge is 2.13. The summed E-state index contributed by atoms with van der Waals surface area (Å²) in [5.41, 5.74) is 3.12. The quantitative estimate of drug-likeness (QED) is 0.486. The normalized spacial score (nSPS) is 10.7. The molecule has 0 aliphatic rings. The molecule has 0 saturated heterocycles. The number of Topliss-reactive ketones (excluding diaryl/α,β-unsaturated/α-hetero) is 1. The maximum Gasteiger partial charge on any atom is 0.210 e. The Morgan fingerprint density at radius 1 is 1.20 bits per heavy atom. The van der Waals surface area contributed by atoms with Crippen LogP contribution in [0, 0.1) is 19.7 Å². The minimum absolute atomic E-state index is 0.0602. The number of carbonyl (C=O) groups excluding carboxylic acids is 1. The molecule has 0 saturated carbocycles. The Labute approximate surface area is 153 Å². The SMILES string of the molecule is Cc1ccc(C)c(C(=O)CSc2nnc(Nc3ccccc3F)s2)c1. The van der Waals surface area contributed by atoms with Crippen molar-refractivity contribution in [1.29, 1.82) is 0 Å². The number of para-hydroxylation sites is 1. The molecule has 1 aromatic heterocycles. The zero-order valence-electron chi connectivity index (χ0n) is 13.7. The molecule has 1 heterocycles. The van der Waals surface area contributed by atoms with Gasteiger partial charge in [0.15, 0.2) is 10.1 Å². The van der Waals surface area contributed by atoms with Crippen LogP contribution in [0.25, 0.3) is 0 Å². The monoisotopic (exact) mass is 373 g/mol. The predicted molar refractivity (Wildman–Crippen MR) is 101 cm³/mol. The second kappa shape index (κ2) is 7.76. The number of aryl methyl sites for hydroxylation is 2. The van der Waals surface area contributed by atoms with Gasteiger partial charge in [0.25, 0.3) is 0 Å². The van der Waals surface area contributed by atoms with Crippen LogP contribution in [0.4, 0.5) is 15.2 Å². The highest BCUT2D eigenvalue weighted by atomic mass is 32.2. The van der Waals surface area contributed by atoms with E-state index < -0.39 is 0 Å². The van der Waals surface area contributed by atoms with Crippen molar-refractivity contribution in [3.63, 3.8) is 0 Å². The van der Waals surface area contributed by atoms with Crippen LogP contribution in [0.15, 0.2) is 46.8 Å². The first-order valence-corrected chi connectivity index (χ1v) is 9.41.